The van der Waals surface area contributed by atoms with Gasteiger partial charge in [0, 0.05) is 18.5 Å². The van der Waals surface area contributed by atoms with Crippen LogP contribution in [0.25, 0.3) is 11.0 Å². The molecule has 0 spiro atoms. The Balaban J connectivity index is 1.95. The van der Waals surface area contributed by atoms with E-state index in [1.54, 1.807) is 0 Å². The number of nitrogens with zero attached hydrogens (tertiary/aromatic N) is 3. The average Bonchev–Trinajstić information content (AvgIpc) is 2.95. The summed E-state index contributed by atoms with van der Waals surface area (Å²) in [6, 6.07) is 8.05. The van der Waals surface area contributed by atoms with Crippen molar-refractivity contribution < 1.29 is 4.79 Å². The van der Waals surface area contributed by atoms with E-state index in [2.05, 4.69) is 39.5 Å². The molecule has 4 nitrogen and oxygen atoms in total. The van der Waals surface area contributed by atoms with Crippen LogP contribution in [-0.4, -0.2) is 33.9 Å². The van der Waals surface area contributed by atoms with Gasteiger partial charge in [-0.25, -0.2) is 9.97 Å². The highest BCUT2D eigenvalue weighted by Crippen LogP contribution is 2.70. The summed E-state index contributed by atoms with van der Waals surface area (Å²) in [5.41, 5.74) is 2.96. The van der Waals surface area contributed by atoms with Crippen LogP contribution >= 0.6 is 0 Å². The topological polar surface area (TPSA) is 46.1 Å². The van der Waals surface area contributed by atoms with Crippen molar-refractivity contribution in [3.05, 3.63) is 35.7 Å². The summed E-state index contributed by atoms with van der Waals surface area (Å²) in [4.78, 5) is 26.2. The first-order valence-electron chi connectivity index (χ1n) is 10.4. The van der Waals surface area contributed by atoms with Gasteiger partial charge in [-0.1, -0.05) is 46.8 Å². The van der Waals surface area contributed by atoms with Crippen LogP contribution in [0.15, 0.2) is 24.3 Å². The van der Waals surface area contributed by atoms with Crippen molar-refractivity contribution in [2.75, 3.05) is 13.1 Å². The Bertz CT molecular complexity index is 900. The normalized spacial score (nSPS) is 27.7. The van der Waals surface area contributed by atoms with Crippen LogP contribution in [0.3, 0.4) is 0 Å². The van der Waals surface area contributed by atoms with E-state index in [0.717, 1.165) is 61.2 Å². The third-order valence-corrected chi connectivity index (χ3v) is 7.58. The molecule has 27 heavy (non-hydrogen) atoms. The maximum absolute atomic E-state index is 14.0. The van der Waals surface area contributed by atoms with Crippen molar-refractivity contribution in [1.29, 1.82) is 0 Å². The van der Waals surface area contributed by atoms with Crippen LogP contribution < -0.4 is 0 Å². The number of hydrogen-bond acceptors (Lipinski definition) is 3. The number of carbonyl (C=O) groups excluding carboxylic acids is 1. The van der Waals surface area contributed by atoms with Crippen molar-refractivity contribution in [3.63, 3.8) is 0 Å². The summed E-state index contributed by atoms with van der Waals surface area (Å²) in [5, 5.41) is 0. The van der Waals surface area contributed by atoms with E-state index in [1.165, 1.54) is 0 Å². The Morgan fingerprint density at radius 1 is 0.963 bits per heavy atom. The number of amides is 1. The Kier molecular flexibility index (Phi) is 4.10. The zero-order valence-electron chi connectivity index (χ0n) is 17.3. The Labute approximate surface area is 162 Å². The van der Waals surface area contributed by atoms with E-state index in [4.69, 9.17) is 9.97 Å². The molecule has 0 saturated heterocycles. The Morgan fingerprint density at radius 3 is 2.07 bits per heavy atom. The number of fused-ring (bicyclic) bond motifs is 6. The van der Waals surface area contributed by atoms with Crippen molar-refractivity contribution in [3.8, 4) is 0 Å². The molecule has 1 fully saturated rings. The molecule has 2 aliphatic rings. The van der Waals surface area contributed by atoms with Crippen molar-refractivity contribution >= 4 is 16.9 Å². The molecule has 2 aliphatic carbocycles. The smallest absolute Gasteiger partial charge is 0.235 e. The number of hydrogen-bond donors (Lipinski definition) is 0. The first-order valence-corrected chi connectivity index (χ1v) is 10.4. The second kappa shape index (κ2) is 6.02. The fourth-order valence-corrected chi connectivity index (χ4v) is 5.64. The van der Waals surface area contributed by atoms with Gasteiger partial charge in [-0.3, -0.25) is 4.79 Å². The highest BCUT2D eigenvalue weighted by atomic mass is 16.2. The lowest BCUT2D eigenvalue weighted by Gasteiger charge is -2.42. The summed E-state index contributed by atoms with van der Waals surface area (Å²) < 4.78 is 0. The predicted octanol–water partition coefficient (Wildman–Crippen LogP) is 4.61. The Hall–Kier alpha value is -1.97. The summed E-state index contributed by atoms with van der Waals surface area (Å²) in [5.74, 6) is 0.267. The average molecular weight is 366 g/mol. The highest BCUT2D eigenvalue weighted by molar-refractivity contribution is 5.93. The zero-order chi connectivity index (χ0) is 19.4. The molecule has 2 atom stereocenters. The number of carbonyl (C=O) groups is 1. The standard InChI is InChI=1S/C23H31N3O/c1-6-14-26(15-7-2)20(27)23-13-12-22(5,21(23,3)4)18-19(23)25-17-11-9-8-10-16(17)24-18/h8-11H,6-7,12-15H2,1-5H3. The SMILES string of the molecule is CCCN(CCC)C(=O)C12CCC(C)(c3nc4ccccc4nc31)C2(C)C. The number of aromatic nitrogens is 2. The second-order valence-electron chi connectivity index (χ2n) is 9.06. The largest absolute Gasteiger partial charge is 0.342 e. The fourth-order valence-electron chi connectivity index (χ4n) is 5.64. The lowest BCUT2D eigenvalue weighted by Crippen LogP contribution is -2.53. The summed E-state index contributed by atoms with van der Waals surface area (Å²) in [6.07, 6.45) is 3.84. The molecule has 0 radical (unpaired) electrons. The van der Waals surface area contributed by atoms with Gasteiger partial charge in [0.15, 0.2) is 0 Å². The lowest BCUT2D eigenvalue weighted by atomic mass is 9.63. The van der Waals surface area contributed by atoms with Gasteiger partial charge in [0.05, 0.1) is 27.8 Å². The van der Waals surface area contributed by atoms with Crippen molar-refractivity contribution in [2.45, 2.75) is 71.1 Å². The summed E-state index contributed by atoms with van der Waals surface area (Å²) in [7, 11) is 0. The van der Waals surface area contributed by atoms with Crippen LogP contribution in [0.1, 0.15) is 71.7 Å². The lowest BCUT2D eigenvalue weighted by molar-refractivity contribution is -0.141. The van der Waals surface area contributed by atoms with Crippen LogP contribution in [0.5, 0.6) is 0 Å². The van der Waals surface area contributed by atoms with Gasteiger partial charge in [0.2, 0.25) is 5.91 Å². The van der Waals surface area contributed by atoms with E-state index < -0.39 is 5.41 Å². The van der Waals surface area contributed by atoms with Gasteiger partial charge < -0.3 is 4.90 Å². The molecule has 4 rings (SSSR count). The van der Waals surface area contributed by atoms with Crippen molar-refractivity contribution in [2.24, 2.45) is 5.41 Å². The van der Waals surface area contributed by atoms with E-state index in [9.17, 15) is 4.79 Å². The van der Waals surface area contributed by atoms with Crippen LogP contribution in [0.4, 0.5) is 0 Å². The molecule has 4 heteroatoms. The van der Waals surface area contributed by atoms with Crippen LogP contribution in [0.2, 0.25) is 0 Å². The first kappa shape index (κ1) is 18.4. The van der Waals surface area contributed by atoms with Crippen LogP contribution in [0, 0.1) is 5.41 Å². The minimum Gasteiger partial charge on any atom is -0.342 e. The van der Waals surface area contributed by atoms with E-state index in [0.29, 0.717) is 0 Å². The minimum atomic E-state index is -0.557. The molecule has 144 valence electrons. The van der Waals surface area contributed by atoms with Gasteiger partial charge >= 0.3 is 0 Å². The number of benzene rings is 1. The summed E-state index contributed by atoms with van der Waals surface area (Å²) >= 11 is 0. The van der Waals surface area contributed by atoms with E-state index >= 15 is 0 Å². The number of rotatable bonds is 5. The monoisotopic (exact) mass is 365 g/mol. The fraction of sp³-hybridized carbons (Fsp3) is 0.609. The molecule has 0 aliphatic heterocycles. The molecule has 1 aromatic heterocycles. The predicted molar refractivity (Wildman–Crippen MR) is 109 cm³/mol. The minimum absolute atomic E-state index is 0.112. The highest BCUT2D eigenvalue weighted by Gasteiger charge is 2.73. The maximum Gasteiger partial charge on any atom is 0.235 e. The van der Waals surface area contributed by atoms with Gasteiger partial charge in [0.25, 0.3) is 0 Å². The first-order chi connectivity index (χ1) is 12.8. The second-order valence-corrected chi connectivity index (χ2v) is 9.06. The molecule has 0 N–H and O–H groups in total. The Morgan fingerprint density at radius 2 is 1.52 bits per heavy atom. The molecule has 1 amide bonds. The van der Waals surface area contributed by atoms with Gasteiger partial charge in [-0.15, -0.1) is 0 Å². The zero-order valence-corrected chi connectivity index (χ0v) is 17.3. The van der Waals surface area contributed by atoms with Crippen molar-refractivity contribution in [1.82, 2.24) is 14.9 Å². The molecule has 1 heterocycles. The van der Waals surface area contributed by atoms with Gasteiger partial charge in [0.1, 0.15) is 0 Å². The maximum atomic E-state index is 14.0. The van der Waals surface area contributed by atoms with E-state index in [-0.39, 0.29) is 16.7 Å². The van der Waals surface area contributed by atoms with Crippen LogP contribution in [-0.2, 0) is 15.6 Å². The van der Waals surface area contributed by atoms with E-state index in [1.807, 2.05) is 24.3 Å². The molecule has 2 bridgehead atoms. The third kappa shape index (κ3) is 2.13. The molecular formula is C23H31N3O. The molecule has 2 aromatic rings. The van der Waals surface area contributed by atoms with Gasteiger partial charge in [-0.2, -0.15) is 0 Å². The quantitative estimate of drug-likeness (QED) is 0.777. The summed E-state index contributed by atoms with van der Waals surface area (Å²) in [6.45, 7) is 12.8. The molecular weight excluding hydrogens is 334 g/mol. The molecule has 1 saturated carbocycles. The number of para-hydroxylation sites is 2. The molecule has 2 unspecified atom stereocenters. The molecule has 1 aromatic carbocycles. The van der Waals surface area contributed by atoms with Gasteiger partial charge in [-0.05, 0) is 43.2 Å². The third-order valence-electron chi connectivity index (χ3n) is 7.58.